The summed E-state index contributed by atoms with van der Waals surface area (Å²) in [5.41, 5.74) is 1.17. The first-order valence-corrected chi connectivity index (χ1v) is 4.44. The molecule has 2 nitrogen and oxygen atoms in total. The van der Waals surface area contributed by atoms with E-state index in [2.05, 4.69) is 0 Å². The minimum absolute atomic E-state index is 0.623. The number of methoxy groups -OCH3 is 1. The topological polar surface area (TPSA) is 26.3 Å². The second-order valence-electron chi connectivity index (χ2n) is 2.87. The minimum Gasteiger partial charge on any atom is -0.496 e. The maximum Gasteiger partial charge on any atom is 0.122 e. The summed E-state index contributed by atoms with van der Waals surface area (Å²) in [5.74, 6) is 0.911. The summed E-state index contributed by atoms with van der Waals surface area (Å²) in [6.45, 7) is 0. The third-order valence-electron chi connectivity index (χ3n) is 1.96. The fraction of sp³-hybridized carbons (Fsp3) is 0.364. The fourth-order valence-electron chi connectivity index (χ4n) is 1.29. The highest BCUT2D eigenvalue weighted by molar-refractivity contribution is 5.49. The molecule has 0 saturated carbocycles. The van der Waals surface area contributed by atoms with E-state index in [0.717, 1.165) is 24.9 Å². The predicted molar refractivity (Wildman–Crippen MR) is 52.0 cm³/mol. The number of hydrogen-bond acceptors (Lipinski definition) is 2. The van der Waals surface area contributed by atoms with Gasteiger partial charge in [0.05, 0.1) is 7.11 Å². The van der Waals surface area contributed by atoms with Crippen LogP contribution in [-0.2, 0) is 11.2 Å². The summed E-state index contributed by atoms with van der Waals surface area (Å²) < 4.78 is 5.19. The molecule has 0 amide bonds. The second kappa shape index (κ2) is 5.36. The maximum atomic E-state index is 10.1. The van der Waals surface area contributed by atoms with Crippen molar-refractivity contribution in [1.29, 1.82) is 0 Å². The summed E-state index contributed by atoms with van der Waals surface area (Å²) in [7, 11) is 1.67. The van der Waals surface area contributed by atoms with E-state index in [-0.39, 0.29) is 0 Å². The quantitative estimate of drug-likeness (QED) is 0.510. The van der Waals surface area contributed by atoms with Crippen LogP contribution in [0.2, 0.25) is 0 Å². The highest BCUT2D eigenvalue weighted by Gasteiger charge is 1.99. The average molecular weight is 178 g/mol. The van der Waals surface area contributed by atoms with Gasteiger partial charge in [0.25, 0.3) is 0 Å². The zero-order chi connectivity index (χ0) is 9.52. The van der Waals surface area contributed by atoms with Crippen LogP contribution in [0.1, 0.15) is 18.4 Å². The summed E-state index contributed by atoms with van der Waals surface area (Å²) in [6, 6.07) is 7.90. The molecular weight excluding hydrogens is 164 g/mol. The molecule has 1 aromatic carbocycles. The third kappa shape index (κ3) is 2.90. The van der Waals surface area contributed by atoms with Crippen LogP contribution in [0.4, 0.5) is 0 Å². The Labute approximate surface area is 78.5 Å². The third-order valence-corrected chi connectivity index (χ3v) is 1.96. The van der Waals surface area contributed by atoms with Crippen molar-refractivity contribution in [1.82, 2.24) is 0 Å². The van der Waals surface area contributed by atoms with Gasteiger partial charge in [0.15, 0.2) is 0 Å². The van der Waals surface area contributed by atoms with Crippen molar-refractivity contribution in [2.24, 2.45) is 0 Å². The number of aldehydes is 1. The first-order valence-electron chi connectivity index (χ1n) is 4.44. The van der Waals surface area contributed by atoms with E-state index in [4.69, 9.17) is 4.74 Å². The Balaban J connectivity index is 2.58. The van der Waals surface area contributed by atoms with Crippen molar-refractivity contribution in [3.05, 3.63) is 29.8 Å². The molecule has 2 heteroatoms. The lowest BCUT2D eigenvalue weighted by Crippen LogP contribution is -1.92. The van der Waals surface area contributed by atoms with Crippen molar-refractivity contribution in [3.63, 3.8) is 0 Å². The number of unbranched alkanes of at least 4 members (excludes halogenated alkanes) is 1. The van der Waals surface area contributed by atoms with Gasteiger partial charge in [-0.05, 0) is 24.5 Å². The number of para-hydroxylation sites is 1. The molecule has 13 heavy (non-hydrogen) atoms. The molecule has 1 aromatic rings. The van der Waals surface area contributed by atoms with Gasteiger partial charge in [-0.15, -0.1) is 0 Å². The highest BCUT2D eigenvalue weighted by atomic mass is 16.5. The van der Waals surface area contributed by atoms with E-state index in [1.165, 1.54) is 5.56 Å². The van der Waals surface area contributed by atoms with Crippen LogP contribution in [0.5, 0.6) is 5.75 Å². The second-order valence-corrected chi connectivity index (χ2v) is 2.87. The van der Waals surface area contributed by atoms with Crippen molar-refractivity contribution in [2.45, 2.75) is 19.3 Å². The lowest BCUT2D eigenvalue weighted by atomic mass is 10.1. The van der Waals surface area contributed by atoms with E-state index in [9.17, 15) is 4.79 Å². The van der Waals surface area contributed by atoms with Crippen molar-refractivity contribution >= 4 is 6.29 Å². The molecule has 0 aliphatic carbocycles. The molecule has 0 aliphatic rings. The van der Waals surface area contributed by atoms with Gasteiger partial charge in [0, 0.05) is 6.42 Å². The monoisotopic (exact) mass is 178 g/mol. The van der Waals surface area contributed by atoms with Gasteiger partial charge in [0.2, 0.25) is 0 Å². The number of carbonyl (C=O) groups excluding carboxylic acids is 1. The van der Waals surface area contributed by atoms with Crippen LogP contribution in [0, 0.1) is 0 Å². The Kier molecular flexibility index (Phi) is 4.03. The molecule has 0 spiro atoms. The molecule has 0 aliphatic heterocycles. The van der Waals surface area contributed by atoms with Gasteiger partial charge in [-0.2, -0.15) is 0 Å². The van der Waals surface area contributed by atoms with Gasteiger partial charge >= 0.3 is 0 Å². The Morgan fingerprint density at radius 2 is 2.15 bits per heavy atom. The number of carbonyl (C=O) groups is 1. The first-order chi connectivity index (χ1) is 6.38. The molecule has 0 bridgehead atoms. The van der Waals surface area contributed by atoms with Crippen LogP contribution in [0.15, 0.2) is 24.3 Å². The lowest BCUT2D eigenvalue weighted by molar-refractivity contribution is -0.107. The molecule has 1 rings (SSSR count). The Morgan fingerprint density at radius 3 is 2.85 bits per heavy atom. The maximum absolute atomic E-state index is 10.1. The molecule has 70 valence electrons. The number of aryl methyl sites for hydroxylation is 1. The first kappa shape index (κ1) is 9.78. The van der Waals surface area contributed by atoms with Gasteiger partial charge in [0.1, 0.15) is 12.0 Å². The molecular formula is C11H14O2. The van der Waals surface area contributed by atoms with E-state index in [1.807, 2.05) is 24.3 Å². The molecule has 0 saturated heterocycles. The summed E-state index contributed by atoms with van der Waals surface area (Å²) in [5, 5.41) is 0. The van der Waals surface area contributed by atoms with Gasteiger partial charge in [-0.25, -0.2) is 0 Å². The number of benzene rings is 1. The number of hydrogen-bond donors (Lipinski definition) is 0. The van der Waals surface area contributed by atoms with E-state index >= 15 is 0 Å². The molecule has 0 atom stereocenters. The summed E-state index contributed by atoms with van der Waals surface area (Å²) >= 11 is 0. The van der Waals surface area contributed by atoms with Crippen LogP contribution in [0.25, 0.3) is 0 Å². The van der Waals surface area contributed by atoms with Gasteiger partial charge in [-0.1, -0.05) is 18.2 Å². The molecule has 0 fully saturated rings. The van der Waals surface area contributed by atoms with E-state index in [1.54, 1.807) is 7.11 Å². The standard InChI is InChI=1S/C11H14O2/c1-13-11-8-3-2-6-10(11)7-4-5-9-12/h2-3,6,8-9H,4-5,7H2,1H3. The van der Waals surface area contributed by atoms with Crippen molar-refractivity contribution in [2.75, 3.05) is 7.11 Å². The minimum atomic E-state index is 0.623. The zero-order valence-corrected chi connectivity index (χ0v) is 7.82. The molecule has 0 unspecified atom stereocenters. The van der Waals surface area contributed by atoms with E-state index < -0.39 is 0 Å². The normalized spacial score (nSPS) is 9.62. The number of rotatable bonds is 5. The predicted octanol–water partition coefficient (Wildman–Crippen LogP) is 2.22. The lowest BCUT2D eigenvalue weighted by Gasteiger charge is -2.06. The molecule has 0 aromatic heterocycles. The van der Waals surface area contributed by atoms with Crippen LogP contribution in [0.3, 0.4) is 0 Å². The molecule has 0 radical (unpaired) electrons. The van der Waals surface area contributed by atoms with Crippen LogP contribution in [-0.4, -0.2) is 13.4 Å². The summed E-state index contributed by atoms with van der Waals surface area (Å²) in [4.78, 5) is 10.1. The van der Waals surface area contributed by atoms with Gasteiger partial charge < -0.3 is 9.53 Å². The van der Waals surface area contributed by atoms with E-state index in [0.29, 0.717) is 6.42 Å². The zero-order valence-electron chi connectivity index (χ0n) is 7.82. The largest absolute Gasteiger partial charge is 0.496 e. The smallest absolute Gasteiger partial charge is 0.122 e. The van der Waals surface area contributed by atoms with Crippen LogP contribution >= 0.6 is 0 Å². The Morgan fingerprint density at radius 1 is 1.38 bits per heavy atom. The average Bonchev–Trinajstić information content (AvgIpc) is 2.19. The van der Waals surface area contributed by atoms with Crippen molar-refractivity contribution < 1.29 is 9.53 Å². The Bertz CT molecular complexity index is 269. The Hall–Kier alpha value is -1.31. The SMILES string of the molecule is COc1ccccc1CCCC=O. The highest BCUT2D eigenvalue weighted by Crippen LogP contribution is 2.18. The van der Waals surface area contributed by atoms with Crippen LogP contribution < -0.4 is 4.74 Å². The summed E-state index contributed by atoms with van der Waals surface area (Å²) in [6.07, 6.45) is 3.38. The molecule has 0 N–H and O–H groups in total. The van der Waals surface area contributed by atoms with Gasteiger partial charge in [-0.3, -0.25) is 0 Å². The number of ether oxygens (including phenoxy) is 1. The molecule has 0 heterocycles. The van der Waals surface area contributed by atoms with Crippen molar-refractivity contribution in [3.8, 4) is 5.75 Å². The fourth-order valence-corrected chi connectivity index (χ4v) is 1.29.